The first kappa shape index (κ1) is 11.6. The Kier molecular flexibility index (Phi) is 3.40. The highest BCUT2D eigenvalue weighted by Crippen LogP contribution is 2.13. The summed E-state index contributed by atoms with van der Waals surface area (Å²) in [6.07, 6.45) is 3.58. The Morgan fingerprint density at radius 3 is 2.71 bits per heavy atom. The fourth-order valence-corrected chi connectivity index (χ4v) is 1.63. The van der Waals surface area contributed by atoms with Crippen LogP contribution in [0.2, 0.25) is 5.02 Å². The highest BCUT2D eigenvalue weighted by Gasteiger charge is 1.97. The Morgan fingerprint density at radius 1 is 1.18 bits per heavy atom. The number of benzene rings is 1. The van der Waals surface area contributed by atoms with Gasteiger partial charge in [-0.15, -0.1) is 0 Å². The molecule has 1 N–H and O–H groups in total. The number of rotatable bonds is 2. The van der Waals surface area contributed by atoms with Crippen LogP contribution in [0.3, 0.4) is 0 Å². The molecular formula is C13H11ClN2O. The molecule has 0 amide bonds. The predicted molar refractivity (Wildman–Crippen MR) is 68.8 cm³/mol. The summed E-state index contributed by atoms with van der Waals surface area (Å²) in [5.41, 5.74) is 1.69. The normalized spacial score (nSPS) is 10.9. The van der Waals surface area contributed by atoms with E-state index in [1.54, 1.807) is 13.0 Å². The number of aryl methyl sites for hydroxylation is 1. The Balaban J connectivity index is 2.25. The predicted octanol–water partition coefficient (Wildman–Crippen LogP) is 3.31. The molecule has 4 heteroatoms. The van der Waals surface area contributed by atoms with Crippen molar-refractivity contribution in [1.82, 2.24) is 9.97 Å². The first-order valence-corrected chi connectivity index (χ1v) is 5.49. The summed E-state index contributed by atoms with van der Waals surface area (Å²) in [6, 6.07) is 8.97. The van der Waals surface area contributed by atoms with E-state index in [4.69, 9.17) is 11.6 Å². The second kappa shape index (κ2) is 4.97. The van der Waals surface area contributed by atoms with E-state index < -0.39 is 0 Å². The van der Waals surface area contributed by atoms with Gasteiger partial charge in [0.25, 0.3) is 0 Å². The van der Waals surface area contributed by atoms with E-state index >= 15 is 0 Å². The summed E-state index contributed by atoms with van der Waals surface area (Å²) in [4.78, 5) is 8.08. The smallest absolute Gasteiger partial charge is 0.214 e. The monoisotopic (exact) mass is 246 g/mol. The summed E-state index contributed by atoms with van der Waals surface area (Å²) in [5.74, 6) is 0.450. The molecule has 86 valence electrons. The molecular weight excluding hydrogens is 236 g/mol. The average Bonchev–Trinajstić information content (AvgIpc) is 2.25. The molecule has 0 aliphatic rings. The minimum Gasteiger partial charge on any atom is -0.493 e. The van der Waals surface area contributed by atoms with E-state index in [0.29, 0.717) is 10.8 Å². The van der Waals surface area contributed by atoms with E-state index in [1.807, 2.05) is 30.3 Å². The van der Waals surface area contributed by atoms with Gasteiger partial charge in [0.15, 0.2) is 5.82 Å². The molecule has 0 saturated heterocycles. The van der Waals surface area contributed by atoms with Crippen molar-refractivity contribution >= 4 is 23.8 Å². The van der Waals surface area contributed by atoms with Crippen molar-refractivity contribution in [3.63, 3.8) is 0 Å². The molecule has 17 heavy (non-hydrogen) atoms. The van der Waals surface area contributed by atoms with Gasteiger partial charge >= 0.3 is 0 Å². The van der Waals surface area contributed by atoms with Crippen molar-refractivity contribution in [2.24, 2.45) is 0 Å². The maximum atomic E-state index is 9.33. The molecule has 1 heterocycles. The van der Waals surface area contributed by atoms with Crippen LogP contribution in [0.1, 0.15) is 17.1 Å². The van der Waals surface area contributed by atoms with Crippen LogP contribution in [-0.4, -0.2) is 15.1 Å². The second-order valence-corrected chi connectivity index (χ2v) is 4.05. The molecule has 0 aliphatic carbocycles. The number of hydrogen-bond donors (Lipinski definition) is 1. The van der Waals surface area contributed by atoms with Crippen LogP contribution in [-0.2, 0) is 0 Å². The van der Waals surface area contributed by atoms with Crippen molar-refractivity contribution in [2.75, 3.05) is 0 Å². The van der Waals surface area contributed by atoms with Gasteiger partial charge in [0, 0.05) is 16.8 Å². The van der Waals surface area contributed by atoms with Crippen LogP contribution in [0.4, 0.5) is 0 Å². The molecule has 0 bridgehead atoms. The third-order valence-corrected chi connectivity index (χ3v) is 2.37. The van der Waals surface area contributed by atoms with Gasteiger partial charge in [-0.25, -0.2) is 4.98 Å². The maximum Gasteiger partial charge on any atom is 0.214 e. The van der Waals surface area contributed by atoms with Crippen molar-refractivity contribution < 1.29 is 5.11 Å². The van der Waals surface area contributed by atoms with Gasteiger partial charge in [-0.1, -0.05) is 29.8 Å². The second-order valence-electron chi connectivity index (χ2n) is 3.61. The first-order valence-electron chi connectivity index (χ1n) is 5.12. The van der Waals surface area contributed by atoms with Gasteiger partial charge in [0.05, 0.1) is 0 Å². The van der Waals surface area contributed by atoms with Gasteiger partial charge in [-0.3, -0.25) is 0 Å². The SMILES string of the molecule is Cc1cc(O)nc(/C=C/c2cccc(Cl)c2)n1. The molecule has 0 unspecified atom stereocenters. The quantitative estimate of drug-likeness (QED) is 0.884. The lowest BCUT2D eigenvalue weighted by Crippen LogP contribution is -1.89. The fraction of sp³-hybridized carbons (Fsp3) is 0.0769. The van der Waals surface area contributed by atoms with Gasteiger partial charge < -0.3 is 5.11 Å². The summed E-state index contributed by atoms with van der Waals surface area (Å²) in [5, 5.41) is 10.0. The molecule has 0 atom stereocenters. The summed E-state index contributed by atoms with van der Waals surface area (Å²) >= 11 is 5.87. The number of nitrogens with zero attached hydrogens (tertiary/aromatic N) is 2. The van der Waals surface area contributed by atoms with E-state index in [-0.39, 0.29) is 5.88 Å². The molecule has 2 rings (SSSR count). The van der Waals surface area contributed by atoms with Gasteiger partial charge in [0.1, 0.15) is 0 Å². The first-order chi connectivity index (χ1) is 8.13. The molecule has 0 aliphatic heterocycles. The molecule has 1 aromatic heterocycles. The molecule has 1 aromatic carbocycles. The molecule has 0 spiro atoms. The summed E-state index contributed by atoms with van der Waals surface area (Å²) in [7, 11) is 0. The van der Waals surface area contributed by atoms with Crippen LogP contribution in [0, 0.1) is 6.92 Å². The zero-order valence-electron chi connectivity index (χ0n) is 9.26. The van der Waals surface area contributed by atoms with Crippen molar-refractivity contribution in [2.45, 2.75) is 6.92 Å². The fourth-order valence-electron chi connectivity index (χ4n) is 1.43. The lowest BCUT2D eigenvalue weighted by molar-refractivity contribution is 0.450. The van der Waals surface area contributed by atoms with E-state index in [9.17, 15) is 5.11 Å². The van der Waals surface area contributed by atoms with Gasteiger partial charge in [-0.05, 0) is 30.7 Å². The van der Waals surface area contributed by atoms with Crippen LogP contribution < -0.4 is 0 Å². The highest BCUT2D eigenvalue weighted by atomic mass is 35.5. The van der Waals surface area contributed by atoms with E-state index in [1.165, 1.54) is 6.07 Å². The average molecular weight is 247 g/mol. The number of halogens is 1. The van der Waals surface area contributed by atoms with Gasteiger partial charge in [-0.2, -0.15) is 4.98 Å². The summed E-state index contributed by atoms with van der Waals surface area (Å²) < 4.78 is 0. The largest absolute Gasteiger partial charge is 0.493 e. The number of hydrogen-bond acceptors (Lipinski definition) is 3. The number of aromatic hydroxyl groups is 1. The minimum absolute atomic E-state index is 0.0248. The molecule has 0 fully saturated rings. The zero-order valence-corrected chi connectivity index (χ0v) is 10.0. The Hall–Kier alpha value is -1.87. The third kappa shape index (κ3) is 3.29. The zero-order chi connectivity index (χ0) is 12.3. The van der Waals surface area contributed by atoms with E-state index in [0.717, 1.165) is 11.3 Å². The van der Waals surface area contributed by atoms with Crippen LogP contribution in [0.15, 0.2) is 30.3 Å². The van der Waals surface area contributed by atoms with Crippen LogP contribution in [0.25, 0.3) is 12.2 Å². The lowest BCUT2D eigenvalue weighted by atomic mass is 10.2. The standard InChI is InChI=1S/C13H11ClN2O/c1-9-7-13(17)16-12(15-9)6-5-10-3-2-4-11(14)8-10/h2-8H,1H3,(H,15,16,17)/b6-5+. The Labute approximate surface area is 104 Å². The van der Waals surface area contributed by atoms with Crippen molar-refractivity contribution in [3.8, 4) is 5.88 Å². The molecule has 0 radical (unpaired) electrons. The van der Waals surface area contributed by atoms with Gasteiger partial charge in [0.2, 0.25) is 5.88 Å². The number of aromatic nitrogens is 2. The Morgan fingerprint density at radius 2 is 2.00 bits per heavy atom. The maximum absolute atomic E-state index is 9.33. The highest BCUT2D eigenvalue weighted by molar-refractivity contribution is 6.30. The summed E-state index contributed by atoms with van der Waals surface area (Å²) in [6.45, 7) is 1.80. The van der Waals surface area contributed by atoms with Crippen molar-refractivity contribution in [1.29, 1.82) is 0 Å². The van der Waals surface area contributed by atoms with Crippen LogP contribution >= 0.6 is 11.6 Å². The Bertz CT molecular complexity index is 547. The topological polar surface area (TPSA) is 46.0 Å². The van der Waals surface area contributed by atoms with Crippen LogP contribution in [0.5, 0.6) is 5.88 Å². The molecule has 0 saturated carbocycles. The third-order valence-electron chi connectivity index (χ3n) is 2.13. The molecule has 3 nitrogen and oxygen atoms in total. The van der Waals surface area contributed by atoms with Crippen molar-refractivity contribution in [3.05, 3.63) is 52.4 Å². The minimum atomic E-state index is -0.0248. The lowest BCUT2D eigenvalue weighted by Gasteiger charge is -1.97. The molecule has 2 aromatic rings. The van der Waals surface area contributed by atoms with E-state index in [2.05, 4.69) is 9.97 Å².